The van der Waals surface area contributed by atoms with Crippen LogP contribution >= 0.6 is 12.6 Å². The first-order chi connectivity index (χ1) is 6.72. The summed E-state index contributed by atoms with van der Waals surface area (Å²) in [5.74, 6) is 5.12. The van der Waals surface area contributed by atoms with Gasteiger partial charge in [0, 0.05) is 11.3 Å². The molecule has 1 N–H and O–H groups in total. The Kier molecular flexibility index (Phi) is 4.09. The van der Waals surface area contributed by atoms with E-state index in [9.17, 15) is 4.79 Å². The van der Waals surface area contributed by atoms with Gasteiger partial charge in [-0.25, -0.2) is 0 Å². The van der Waals surface area contributed by atoms with Crippen molar-refractivity contribution in [1.29, 1.82) is 0 Å². The molecular formula is C11H10O2S. The summed E-state index contributed by atoms with van der Waals surface area (Å²) in [5, 5.41) is 8.38. The summed E-state index contributed by atoms with van der Waals surface area (Å²) < 4.78 is 0. The van der Waals surface area contributed by atoms with E-state index in [0.717, 1.165) is 11.1 Å². The Morgan fingerprint density at radius 3 is 2.93 bits per heavy atom. The van der Waals surface area contributed by atoms with Gasteiger partial charge in [-0.3, -0.25) is 4.79 Å². The van der Waals surface area contributed by atoms with Crippen LogP contribution in [0.15, 0.2) is 24.3 Å². The normalized spacial score (nSPS) is 8.93. The van der Waals surface area contributed by atoms with Crippen molar-refractivity contribution in [2.45, 2.75) is 12.2 Å². The molecule has 0 aliphatic heterocycles. The van der Waals surface area contributed by atoms with Gasteiger partial charge in [-0.05, 0) is 17.7 Å². The van der Waals surface area contributed by atoms with E-state index in [1.807, 2.05) is 24.3 Å². The largest absolute Gasteiger partial charge is 0.481 e. The number of aliphatic carboxylic acids is 1. The monoisotopic (exact) mass is 206 g/mol. The molecule has 0 saturated carbocycles. The molecule has 1 aromatic rings. The van der Waals surface area contributed by atoms with Crippen molar-refractivity contribution in [3.05, 3.63) is 35.4 Å². The van der Waals surface area contributed by atoms with Gasteiger partial charge < -0.3 is 5.11 Å². The van der Waals surface area contributed by atoms with Crippen molar-refractivity contribution in [3.8, 4) is 11.8 Å². The van der Waals surface area contributed by atoms with Gasteiger partial charge in [0.2, 0.25) is 0 Å². The molecule has 0 unspecified atom stereocenters. The van der Waals surface area contributed by atoms with Gasteiger partial charge in [-0.15, -0.1) is 0 Å². The summed E-state index contributed by atoms with van der Waals surface area (Å²) in [6.45, 7) is 0. The van der Waals surface area contributed by atoms with Crippen LogP contribution in [0.2, 0.25) is 0 Å². The Morgan fingerprint density at radius 1 is 1.50 bits per heavy atom. The van der Waals surface area contributed by atoms with Crippen molar-refractivity contribution in [2.75, 3.05) is 0 Å². The van der Waals surface area contributed by atoms with E-state index in [1.165, 1.54) is 0 Å². The summed E-state index contributed by atoms with van der Waals surface area (Å²) in [5.41, 5.74) is 1.91. The smallest absolute Gasteiger partial charge is 0.315 e. The highest BCUT2D eigenvalue weighted by molar-refractivity contribution is 7.79. The fourth-order valence-electron chi connectivity index (χ4n) is 0.969. The molecule has 0 amide bonds. The minimum Gasteiger partial charge on any atom is -0.481 e. The Balaban J connectivity index is 2.74. The maximum Gasteiger partial charge on any atom is 0.315 e. The highest BCUT2D eigenvalue weighted by Crippen LogP contribution is 2.06. The average molecular weight is 206 g/mol. The van der Waals surface area contributed by atoms with Gasteiger partial charge >= 0.3 is 5.97 Å². The van der Waals surface area contributed by atoms with E-state index in [-0.39, 0.29) is 6.42 Å². The third-order valence-corrected chi connectivity index (χ3v) is 1.95. The van der Waals surface area contributed by atoms with E-state index in [1.54, 1.807) is 0 Å². The van der Waals surface area contributed by atoms with Crippen LogP contribution in [-0.2, 0) is 10.5 Å². The quantitative estimate of drug-likeness (QED) is 0.573. The first kappa shape index (κ1) is 10.7. The molecule has 0 aromatic heterocycles. The molecule has 0 spiro atoms. The van der Waals surface area contributed by atoms with E-state index in [4.69, 9.17) is 5.11 Å². The standard InChI is InChI=1S/C11H10O2S/c12-11(13)6-2-4-9-3-1-5-10(7-9)8-14/h1,3,5,7,14H,6,8H2,(H,12,13). The van der Waals surface area contributed by atoms with Crippen LogP contribution in [-0.4, -0.2) is 11.1 Å². The van der Waals surface area contributed by atoms with Gasteiger partial charge in [0.05, 0.1) is 0 Å². The summed E-state index contributed by atoms with van der Waals surface area (Å²) in [4.78, 5) is 10.2. The van der Waals surface area contributed by atoms with Crippen LogP contribution in [0.1, 0.15) is 17.5 Å². The van der Waals surface area contributed by atoms with Crippen LogP contribution in [0, 0.1) is 11.8 Å². The maximum atomic E-state index is 10.2. The number of thiol groups is 1. The third kappa shape index (κ3) is 3.55. The lowest BCUT2D eigenvalue weighted by Gasteiger charge is -1.95. The number of rotatable bonds is 2. The molecule has 72 valence electrons. The molecule has 0 heterocycles. The molecule has 2 nitrogen and oxygen atoms in total. The molecule has 0 radical (unpaired) electrons. The summed E-state index contributed by atoms with van der Waals surface area (Å²) in [6.07, 6.45) is -0.120. The molecule has 3 heteroatoms. The van der Waals surface area contributed by atoms with Crippen LogP contribution in [0.5, 0.6) is 0 Å². The number of hydrogen-bond acceptors (Lipinski definition) is 2. The second kappa shape index (κ2) is 5.36. The molecule has 1 rings (SSSR count). The Labute approximate surface area is 88.4 Å². The molecule has 0 atom stereocenters. The lowest BCUT2D eigenvalue weighted by molar-refractivity contribution is -0.135. The highest BCUT2D eigenvalue weighted by Gasteiger charge is 1.91. The van der Waals surface area contributed by atoms with Crippen molar-refractivity contribution in [3.63, 3.8) is 0 Å². The summed E-state index contributed by atoms with van der Waals surface area (Å²) in [7, 11) is 0. The van der Waals surface area contributed by atoms with Gasteiger partial charge in [-0.2, -0.15) is 12.6 Å². The lowest BCUT2D eigenvalue weighted by Crippen LogP contribution is -1.90. The van der Waals surface area contributed by atoms with Gasteiger partial charge in [0.1, 0.15) is 6.42 Å². The Bertz CT molecular complexity index is 388. The van der Waals surface area contributed by atoms with E-state index in [0.29, 0.717) is 5.75 Å². The SMILES string of the molecule is O=C(O)CC#Cc1cccc(CS)c1. The number of carbonyl (C=O) groups is 1. The maximum absolute atomic E-state index is 10.2. The molecule has 0 saturated heterocycles. The van der Waals surface area contributed by atoms with Crippen LogP contribution in [0.25, 0.3) is 0 Å². The topological polar surface area (TPSA) is 37.3 Å². The minimum absolute atomic E-state index is 0.120. The molecule has 0 aliphatic carbocycles. The number of carboxylic acids is 1. The zero-order valence-corrected chi connectivity index (χ0v) is 8.42. The number of benzene rings is 1. The average Bonchev–Trinajstić information content (AvgIpc) is 2.18. The fraction of sp³-hybridized carbons (Fsp3) is 0.182. The number of carboxylic acid groups (broad SMARTS) is 1. The molecule has 0 bridgehead atoms. The van der Waals surface area contributed by atoms with Crippen molar-refractivity contribution in [1.82, 2.24) is 0 Å². The third-order valence-electron chi connectivity index (χ3n) is 1.58. The van der Waals surface area contributed by atoms with Gasteiger partial charge in [0.15, 0.2) is 0 Å². The van der Waals surface area contributed by atoms with E-state index < -0.39 is 5.97 Å². The summed E-state index contributed by atoms with van der Waals surface area (Å²) in [6, 6.07) is 7.59. The molecule has 0 aliphatic rings. The minimum atomic E-state index is -0.900. The van der Waals surface area contributed by atoms with Gasteiger partial charge in [-0.1, -0.05) is 24.0 Å². The first-order valence-corrected chi connectivity index (χ1v) is 4.76. The predicted octanol–water partition coefficient (Wildman–Crippen LogP) is 1.94. The molecule has 0 fully saturated rings. The van der Waals surface area contributed by atoms with E-state index in [2.05, 4.69) is 24.5 Å². The van der Waals surface area contributed by atoms with Crippen molar-refractivity contribution >= 4 is 18.6 Å². The highest BCUT2D eigenvalue weighted by atomic mass is 32.1. The van der Waals surface area contributed by atoms with Crippen molar-refractivity contribution in [2.24, 2.45) is 0 Å². The second-order valence-corrected chi connectivity index (χ2v) is 3.05. The Hall–Kier alpha value is -1.40. The molecular weight excluding hydrogens is 196 g/mol. The zero-order chi connectivity index (χ0) is 10.4. The van der Waals surface area contributed by atoms with Gasteiger partial charge in [0.25, 0.3) is 0 Å². The van der Waals surface area contributed by atoms with Crippen molar-refractivity contribution < 1.29 is 9.90 Å². The predicted molar refractivity (Wildman–Crippen MR) is 58.3 cm³/mol. The van der Waals surface area contributed by atoms with Crippen LogP contribution in [0.3, 0.4) is 0 Å². The van der Waals surface area contributed by atoms with E-state index >= 15 is 0 Å². The lowest BCUT2D eigenvalue weighted by atomic mass is 10.1. The molecule has 14 heavy (non-hydrogen) atoms. The fourth-order valence-corrected chi connectivity index (χ4v) is 1.17. The summed E-state index contributed by atoms with van der Waals surface area (Å²) >= 11 is 4.14. The molecule has 1 aromatic carbocycles. The number of hydrogen-bond donors (Lipinski definition) is 2. The van der Waals surface area contributed by atoms with Crippen LogP contribution in [0.4, 0.5) is 0 Å². The Morgan fingerprint density at radius 2 is 2.29 bits per heavy atom. The first-order valence-electron chi connectivity index (χ1n) is 4.13. The van der Waals surface area contributed by atoms with Crippen LogP contribution < -0.4 is 0 Å². The zero-order valence-electron chi connectivity index (χ0n) is 7.53. The second-order valence-electron chi connectivity index (χ2n) is 2.73.